The van der Waals surface area contributed by atoms with Gasteiger partial charge in [0.1, 0.15) is 24.2 Å². The Bertz CT molecular complexity index is 993. The predicted octanol–water partition coefficient (Wildman–Crippen LogP) is 0.593. The van der Waals surface area contributed by atoms with E-state index in [1.807, 2.05) is 18.2 Å². The Hall–Kier alpha value is -3.46. The number of hydrogen-bond acceptors (Lipinski definition) is 7. The summed E-state index contributed by atoms with van der Waals surface area (Å²) < 4.78 is 5.63. The number of fused-ring (bicyclic) bond motifs is 1. The topological polar surface area (TPSA) is 127 Å². The molecule has 1 aromatic carbocycles. The first-order chi connectivity index (χ1) is 14.5. The predicted molar refractivity (Wildman–Crippen MR) is 108 cm³/mol. The second-order valence-electron chi connectivity index (χ2n) is 7.29. The molecule has 2 aromatic rings. The lowest BCUT2D eigenvalue weighted by molar-refractivity contribution is -0.136. The summed E-state index contributed by atoms with van der Waals surface area (Å²) in [7, 11) is 0. The Labute approximate surface area is 173 Å². The number of nitrogens with two attached hydrogens (primary N) is 1. The minimum absolute atomic E-state index is 0.166. The van der Waals surface area contributed by atoms with E-state index in [1.165, 1.54) is 0 Å². The zero-order valence-electron chi connectivity index (χ0n) is 16.4. The quantitative estimate of drug-likeness (QED) is 0.451. The summed E-state index contributed by atoms with van der Waals surface area (Å²) in [6.45, 7) is 1.90. The molecule has 0 saturated carbocycles. The molecule has 0 spiro atoms. The summed E-state index contributed by atoms with van der Waals surface area (Å²) in [5.74, 6) is 0.197. The number of imide groups is 1. The van der Waals surface area contributed by atoms with E-state index in [1.54, 1.807) is 23.2 Å². The molecule has 1 aromatic heterocycles. The molecule has 4 N–H and O–H groups in total. The molecule has 1 saturated heterocycles. The third-order valence-electron chi connectivity index (χ3n) is 5.25. The lowest BCUT2D eigenvalue weighted by Crippen LogP contribution is -2.52. The first kappa shape index (κ1) is 19.8. The first-order valence-electron chi connectivity index (χ1n) is 9.83. The number of anilines is 1. The Morgan fingerprint density at radius 1 is 1.27 bits per heavy atom. The molecule has 2 aliphatic rings. The summed E-state index contributed by atoms with van der Waals surface area (Å²) >= 11 is 0. The van der Waals surface area contributed by atoms with Gasteiger partial charge in [0.05, 0.1) is 0 Å². The van der Waals surface area contributed by atoms with Gasteiger partial charge >= 0.3 is 0 Å². The molecular formula is C21H23N5O4. The average molecular weight is 409 g/mol. The van der Waals surface area contributed by atoms with Crippen molar-refractivity contribution in [3.8, 4) is 5.75 Å². The third kappa shape index (κ3) is 4.11. The van der Waals surface area contributed by atoms with Gasteiger partial charge in [0, 0.05) is 43.9 Å². The number of nitrogens with zero attached hydrogens (tertiary/aromatic N) is 2. The number of amides is 3. The number of ether oxygens (including phenoxy) is 1. The van der Waals surface area contributed by atoms with E-state index in [4.69, 9.17) is 10.5 Å². The zero-order valence-corrected chi connectivity index (χ0v) is 16.4. The number of piperidine rings is 1. The van der Waals surface area contributed by atoms with Gasteiger partial charge in [-0.25, -0.2) is 4.98 Å². The minimum atomic E-state index is -0.607. The lowest BCUT2D eigenvalue weighted by atomic mass is 10.0. The van der Waals surface area contributed by atoms with Gasteiger partial charge in [-0.15, -0.1) is 0 Å². The molecule has 3 heterocycles. The van der Waals surface area contributed by atoms with E-state index in [-0.39, 0.29) is 18.2 Å². The van der Waals surface area contributed by atoms with Crippen molar-refractivity contribution in [1.29, 1.82) is 0 Å². The summed E-state index contributed by atoms with van der Waals surface area (Å²) in [6.07, 6.45) is 2.19. The van der Waals surface area contributed by atoms with Crippen LogP contribution in [0.15, 0.2) is 36.5 Å². The van der Waals surface area contributed by atoms with Crippen LogP contribution in [0.2, 0.25) is 0 Å². The molecule has 30 heavy (non-hydrogen) atoms. The van der Waals surface area contributed by atoms with E-state index in [9.17, 15) is 14.4 Å². The SMILES string of the molecule is Nc1cc(OCCNCc2cccc3c2C(=O)N(C2CCC(=O)NC2=O)C3)ccn1. The van der Waals surface area contributed by atoms with Crippen LogP contribution in [0.25, 0.3) is 0 Å². The Morgan fingerprint density at radius 3 is 2.93 bits per heavy atom. The highest BCUT2D eigenvalue weighted by molar-refractivity contribution is 6.05. The highest BCUT2D eigenvalue weighted by atomic mass is 16.5. The van der Waals surface area contributed by atoms with Crippen LogP contribution in [0, 0.1) is 0 Å². The highest BCUT2D eigenvalue weighted by Crippen LogP contribution is 2.29. The molecule has 9 heteroatoms. The Morgan fingerprint density at radius 2 is 2.13 bits per heavy atom. The van der Waals surface area contributed by atoms with Gasteiger partial charge in [-0.2, -0.15) is 0 Å². The van der Waals surface area contributed by atoms with Crippen molar-refractivity contribution in [1.82, 2.24) is 20.5 Å². The fourth-order valence-corrected chi connectivity index (χ4v) is 3.82. The maximum absolute atomic E-state index is 13.0. The van der Waals surface area contributed by atoms with Crippen LogP contribution in [0.3, 0.4) is 0 Å². The van der Waals surface area contributed by atoms with Crippen molar-refractivity contribution in [2.45, 2.75) is 32.0 Å². The van der Waals surface area contributed by atoms with Crippen LogP contribution in [-0.4, -0.2) is 46.8 Å². The number of pyridine rings is 1. The number of hydrogen-bond donors (Lipinski definition) is 3. The smallest absolute Gasteiger partial charge is 0.255 e. The monoisotopic (exact) mass is 409 g/mol. The molecule has 0 bridgehead atoms. The molecule has 1 fully saturated rings. The van der Waals surface area contributed by atoms with Gasteiger partial charge in [-0.1, -0.05) is 18.2 Å². The van der Waals surface area contributed by atoms with Gasteiger partial charge in [0.15, 0.2) is 0 Å². The van der Waals surface area contributed by atoms with Gasteiger partial charge < -0.3 is 20.7 Å². The fourth-order valence-electron chi connectivity index (χ4n) is 3.82. The number of aromatic nitrogens is 1. The number of benzene rings is 1. The van der Waals surface area contributed by atoms with Crippen LogP contribution >= 0.6 is 0 Å². The number of carbonyl (C=O) groups is 3. The van der Waals surface area contributed by atoms with Crippen LogP contribution < -0.4 is 21.1 Å². The second kappa shape index (κ2) is 8.50. The minimum Gasteiger partial charge on any atom is -0.492 e. The zero-order chi connectivity index (χ0) is 21.1. The highest BCUT2D eigenvalue weighted by Gasteiger charge is 2.39. The molecule has 2 aliphatic heterocycles. The van der Waals surface area contributed by atoms with E-state index < -0.39 is 11.9 Å². The molecule has 1 atom stereocenters. The summed E-state index contributed by atoms with van der Waals surface area (Å²) in [4.78, 5) is 42.1. The molecule has 1 unspecified atom stereocenters. The summed E-state index contributed by atoms with van der Waals surface area (Å²) in [5.41, 5.74) is 8.03. The van der Waals surface area contributed by atoms with Crippen molar-refractivity contribution in [3.63, 3.8) is 0 Å². The number of nitrogens with one attached hydrogen (secondary N) is 2. The van der Waals surface area contributed by atoms with Crippen LogP contribution in [0.4, 0.5) is 5.82 Å². The largest absolute Gasteiger partial charge is 0.492 e. The maximum atomic E-state index is 13.0. The normalized spacial score (nSPS) is 18.3. The molecule has 3 amide bonds. The van der Waals surface area contributed by atoms with E-state index in [2.05, 4.69) is 15.6 Å². The van der Waals surface area contributed by atoms with Crippen molar-refractivity contribution in [2.75, 3.05) is 18.9 Å². The summed E-state index contributed by atoms with van der Waals surface area (Å²) in [6, 6.07) is 8.51. The molecule has 0 radical (unpaired) electrons. The molecule has 156 valence electrons. The van der Waals surface area contributed by atoms with E-state index in [0.29, 0.717) is 49.8 Å². The van der Waals surface area contributed by atoms with Crippen LogP contribution in [0.1, 0.15) is 34.3 Å². The second-order valence-corrected chi connectivity index (χ2v) is 7.29. The fraction of sp³-hybridized carbons (Fsp3) is 0.333. The molecule has 4 rings (SSSR count). The van der Waals surface area contributed by atoms with Crippen molar-refractivity contribution < 1.29 is 19.1 Å². The lowest BCUT2D eigenvalue weighted by Gasteiger charge is -2.29. The van der Waals surface area contributed by atoms with Crippen molar-refractivity contribution in [3.05, 3.63) is 53.2 Å². The number of rotatable bonds is 7. The number of carbonyl (C=O) groups excluding carboxylic acids is 3. The van der Waals surface area contributed by atoms with Gasteiger partial charge in [0.25, 0.3) is 5.91 Å². The van der Waals surface area contributed by atoms with Gasteiger partial charge in [-0.05, 0) is 23.6 Å². The molecular weight excluding hydrogens is 386 g/mol. The van der Waals surface area contributed by atoms with Crippen molar-refractivity contribution >= 4 is 23.5 Å². The Kier molecular flexibility index (Phi) is 5.62. The third-order valence-corrected chi connectivity index (χ3v) is 5.25. The maximum Gasteiger partial charge on any atom is 0.255 e. The van der Waals surface area contributed by atoms with Gasteiger partial charge in [-0.3, -0.25) is 19.7 Å². The van der Waals surface area contributed by atoms with E-state index in [0.717, 1.165) is 11.1 Å². The Balaban J connectivity index is 1.35. The van der Waals surface area contributed by atoms with Crippen molar-refractivity contribution in [2.24, 2.45) is 0 Å². The van der Waals surface area contributed by atoms with Crippen LogP contribution in [-0.2, 0) is 22.7 Å². The van der Waals surface area contributed by atoms with E-state index >= 15 is 0 Å². The molecule has 9 nitrogen and oxygen atoms in total. The molecule has 0 aliphatic carbocycles. The summed E-state index contributed by atoms with van der Waals surface area (Å²) in [5, 5.41) is 5.60. The average Bonchev–Trinajstić information content (AvgIpc) is 3.05. The van der Waals surface area contributed by atoms with Gasteiger partial charge in [0.2, 0.25) is 11.8 Å². The standard InChI is InChI=1S/C21H23N5O4/c22-17-10-15(6-7-24-17)30-9-8-23-11-13-2-1-3-14-12-26(21(29)19(13)14)16-4-5-18(27)25-20(16)28/h1-3,6-7,10,16,23H,4-5,8-9,11-12H2,(H2,22,24)(H,25,27,28). The number of nitrogen functional groups attached to an aromatic ring is 1. The van der Waals surface area contributed by atoms with Crippen LogP contribution in [0.5, 0.6) is 5.75 Å². The first-order valence-corrected chi connectivity index (χ1v) is 9.83.